The second-order valence-electron chi connectivity index (χ2n) is 6.96. The number of fused-ring (bicyclic) bond motifs is 1. The molecule has 0 aliphatic heterocycles. The van der Waals surface area contributed by atoms with E-state index in [2.05, 4.69) is 86.6 Å². The van der Waals surface area contributed by atoms with Gasteiger partial charge in [-0.05, 0) is 56.6 Å². The van der Waals surface area contributed by atoms with Gasteiger partial charge in [0.1, 0.15) is 0 Å². The molecule has 26 heavy (non-hydrogen) atoms. The molecule has 0 aromatic heterocycles. The summed E-state index contributed by atoms with van der Waals surface area (Å²) in [5.41, 5.74) is 6.35. The molecule has 0 radical (unpaired) electrons. The van der Waals surface area contributed by atoms with Crippen LogP contribution in [0.2, 0.25) is 5.02 Å². The summed E-state index contributed by atoms with van der Waals surface area (Å²) in [6, 6.07) is 29.9. The Kier molecular flexibility index (Phi) is 4.53. The Bertz CT molecular complexity index is 1040. The maximum atomic E-state index is 6.11. The van der Waals surface area contributed by atoms with Crippen molar-refractivity contribution in [3.05, 3.63) is 95.5 Å². The van der Waals surface area contributed by atoms with E-state index in [4.69, 9.17) is 11.6 Å². The molecule has 0 bridgehead atoms. The highest BCUT2D eigenvalue weighted by atomic mass is 35.5. The fourth-order valence-corrected chi connectivity index (χ4v) is 3.79. The van der Waals surface area contributed by atoms with Crippen molar-refractivity contribution in [3.8, 4) is 22.3 Å². The van der Waals surface area contributed by atoms with Crippen molar-refractivity contribution in [2.75, 3.05) is 0 Å². The van der Waals surface area contributed by atoms with Gasteiger partial charge in [0.2, 0.25) is 0 Å². The van der Waals surface area contributed by atoms with E-state index in [-0.39, 0.29) is 0 Å². The van der Waals surface area contributed by atoms with Crippen LogP contribution in [0.3, 0.4) is 0 Å². The number of benzene rings is 4. The summed E-state index contributed by atoms with van der Waals surface area (Å²) < 4.78 is 0. The second kappa shape index (κ2) is 6.97. The van der Waals surface area contributed by atoms with E-state index in [0.29, 0.717) is 5.92 Å². The molecule has 4 aromatic rings. The summed E-state index contributed by atoms with van der Waals surface area (Å²) in [6.45, 7) is 4.51. The highest BCUT2D eigenvalue weighted by Gasteiger charge is 2.14. The minimum Gasteiger partial charge on any atom is -0.0843 e. The van der Waals surface area contributed by atoms with E-state index in [1.165, 1.54) is 38.6 Å². The molecular formula is C25H21Cl. The molecule has 0 unspecified atom stereocenters. The predicted molar refractivity (Wildman–Crippen MR) is 114 cm³/mol. The first-order valence-corrected chi connectivity index (χ1v) is 9.40. The quantitative estimate of drug-likeness (QED) is 0.349. The van der Waals surface area contributed by atoms with Crippen LogP contribution in [-0.2, 0) is 0 Å². The molecule has 0 heterocycles. The zero-order valence-corrected chi connectivity index (χ0v) is 15.8. The largest absolute Gasteiger partial charge is 0.0843 e. The minimum atomic E-state index is 0.475. The molecule has 0 N–H and O–H groups in total. The van der Waals surface area contributed by atoms with Crippen molar-refractivity contribution in [3.63, 3.8) is 0 Å². The Labute approximate surface area is 160 Å². The number of hydrogen-bond acceptors (Lipinski definition) is 0. The standard InChI is InChI=1S/C25H21Cl/c1-17(2)21-15-16-23(19-11-13-20(26)14-12-19)25-22(9-6-10-24(21)25)18-7-4-3-5-8-18/h3-17H,1-2H3. The van der Waals surface area contributed by atoms with Gasteiger partial charge in [-0.1, -0.05) is 98.2 Å². The van der Waals surface area contributed by atoms with E-state index in [1.54, 1.807) is 0 Å². The average molecular weight is 357 g/mol. The fraction of sp³-hybridized carbons (Fsp3) is 0.120. The van der Waals surface area contributed by atoms with E-state index < -0.39 is 0 Å². The lowest BCUT2D eigenvalue weighted by atomic mass is 9.86. The summed E-state index contributed by atoms with van der Waals surface area (Å²) >= 11 is 6.11. The third kappa shape index (κ3) is 3.02. The zero-order valence-electron chi connectivity index (χ0n) is 15.0. The number of halogens is 1. The molecule has 0 aliphatic carbocycles. The van der Waals surface area contributed by atoms with E-state index in [0.717, 1.165) is 5.02 Å². The second-order valence-corrected chi connectivity index (χ2v) is 7.39. The summed E-state index contributed by atoms with van der Waals surface area (Å²) in [7, 11) is 0. The van der Waals surface area contributed by atoms with Crippen LogP contribution in [0, 0.1) is 0 Å². The van der Waals surface area contributed by atoms with Crippen LogP contribution in [0.1, 0.15) is 25.3 Å². The van der Waals surface area contributed by atoms with Gasteiger partial charge in [-0.2, -0.15) is 0 Å². The van der Waals surface area contributed by atoms with E-state index in [1.807, 2.05) is 12.1 Å². The lowest BCUT2D eigenvalue weighted by molar-refractivity contribution is 0.876. The molecule has 4 rings (SSSR count). The summed E-state index contributed by atoms with van der Waals surface area (Å²) in [6.07, 6.45) is 0. The molecule has 1 heteroatoms. The molecule has 4 aromatic carbocycles. The van der Waals surface area contributed by atoms with Gasteiger partial charge in [0.05, 0.1) is 0 Å². The third-order valence-corrected chi connectivity index (χ3v) is 5.19. The first kappa shape index (κ1) is 16.9. The Balaban J connectivity index is 2.09. The summed E-state index contributed by atoms with van der Waals surface area (Å²) in [5, 5.41) is 3.40. The van der Waals surface area contributed by atoms with Crippen LogP contribution >= 0.6 is 11.6 Å². The first-order chi connectivity index (χ1) is 12.6. The van der Waals surface area contributed by atoms with Gasteiger partial charge in [-0.15, -0.1) is 0 Å². The van der Waals surface area contributed by atoms with Crippen molar-refractivity contribution in [1.29, 1.82) is 0 Å². The molecule has 0 fully saturated rings. The SMILES string of the molecule is CC(C)c1ccc(-c2ccc(Cl)cc2)c2c(-c3ccccc3)cccc12. The van der Waals surface area contributed by atoms with Gasteiger partial charge >= 0.3 is 0 Å². The summed E-state index contributed by atoms with van der Waals surface area (Å²) in [4.78, 5) is 0. The number of hydrogen-bond donors (Lipinski definition) is 0. The molecule has 0 amide bonds. The minimum absolute atomic E-state index is 0.475. The summed E-state index contributed by atoms with van der Waals surface area (Å²) in [5.74, 6) is 0.475. The van der Waals surface area contributed by atoms with Crippen molar-refractivity contribution in [1.82, 2.24) is 0 Å². The van der Waals surface area contributed by atoms with Gasteiger partial charge in [0.25, 0.3) is 0 Å². The van der Waals surface area contributed by atoms with Crippen LogP contribution in [0.5, 0.6) is 0 Å². The van der Waals surface area contributed by atoms with Crippen molar-refractivity contribution in [2.45, 2.75) is 19.8 Å². The highest BCUT2D eigenvalue weighted by Crippen LogP contribution is 2.39. The topological polar surface area (TPSA) is 0 Å². The average Bonchev–Trinajstić information content (AvgIpc) is 2.68. The molecule has 0 saturated carbocycles. The highest BCUT2D eigenvalue weighted by molar-refractivity contribution is 6.30. The Morgan fingerprint density at radius 2 is 1.27 bits per heavy atom. The fourth-order valence-electron chi connectivity index (χ4n) is 3.66. The van der Waals surface area contributed by atoms with Crippen LogP contribution < -0.4 is 0 Å². The monoisotopic (exact) mass is 356 g/mol. The van der Waals surface area contributed by atoms with Gasteiger partial charge in [0.15, 0.2) is 0 Å². The van der Waals surface area contributed by atoms with Crippen molar-refractivity contribution >= 4 is 22.4 Å². The third-order valence-electron chi connectivity index (χ3n) is 4.94. The van der Waals surface area contributed by atoms with E-state index in [9.17, 15) is 0 Å². The van der Waals surface area contributed by atoms with Gasteiger partial charge in [-0.25, -0.2) is 0 Å². The van der Waals surface area contributed by atoms with E-state index >= 15 is 0 Å². The van der Waals surface area contributed by atoms with Gasteiger partial charge in [-0.3, -0.25) is 0 Å². The van der Waals surface area contributed by atoms with Crippen LogP contribution in [0.4, 0.5) is 0 Å². The van der Waals surface area contributed by atoms with Crippen LogP contribution in [0.25, 0.3) is 33.0 Å². The molecule has 0 aliphatic rings. The predicted octanol–water partition coefficient (Wildman–Crippen LogP) is 7.95. The Hall–Kier alpha value is -2.57. The number of rotatable bonds is 3. The lowest BCUT2D eigenvalue weighted by Gasteiger charge is -2.17. The molecule has 0 nitrogen and oxygen atoms in total. The van der Waals surface area contributed by atoms with Crippen LogP contribution in [0.15, 0.2) is 84.9 Å². The Morgan fingerprint density at radius 1 is 0.615 bits per heavy atom. The molecule has 0 saturated heterocycles. The first-order valence-electron chi connectivity index (χ1n) is 9.02. The molecule has 0 spiro atoms. The zero-order chi connectivity index (χ0) is 18.1. The van der Waals surface area contributed by atoms with Crippen LogP contribution in [-0.4, -0.2) is 0 Å². The molecular weight excluding hydrogens is 336 g/mol. The normalized spacial score (nSPS) is 11.2. The van der Waals surface area contributed by atoms with Gasteiger partial charge < -0.3 is 0 Å². The Morgan fingerprint density at radius 3 is 1.96 bits per heavy atom. The molecule has 0 atom stereocenters. The maximum Gasteiger partial charge on any atom is 0.0406 e. The smallest absolute Gasteiger partial charge is 0.0406 e. The maximum absolute atomic E-state index is 6.11. The lowest BCUT2D eigenvalue weighted by Crippen LogP contribution is -1.93. The van der Waals surface area contributed by atoms with Crippen molar-refractivity contribution in [2.24, 2.45) is 0 Å². The van der Waals surface area contributed by atoms with Gasteiger partial charge in [0, 0.05) is 5.02 Å². The molecule has 128 valence electrons. The van der Waals surface area contributed by atoms with Crippen molar-refractivity contribution < 1.29 is 0 Å².